The van der Waals surface area contributed by atoms with Gasteiger partial charge in [0, 0.05) is 12.1 Å². The molecule has 0 bridgehead atoms. The Bertz CT molecular complexity index is 807. The second kappa shape index (κ2) is 7.02. The van der Waals surface area contributed by atoms with Crippen LogP contribution in [0.3, 0.4) is 0 Å². The predicted molar refractivity (Wildman–Crippen MR) is 80.1 cm³/mol. The summed E-state index contributed by atoms with van der Waals surface area (Å²) in [6, 6.07) is 8.42. The third-order valence-corrected chi connectivity index (χ3v) is 4.02. The number of nitrogens with zero attached hydrogens (tertiary/aromatic N) is 2. The van der Waals surface area contributed by atoms with Gasteiger partial charge in [-0.2, -0.15) is 5.26 Å². The van der Waals surface area contributed by atoms with Gasteiger partial charge < -0.3 is 4.55 Å². The van der Waals surface area contributed by atoms with Crippen molar-refractivity contribution in [3.8, 4) is 6.07 Å². The average molecular weight is 319 g/mol. The van der Waals surface area contributed by atoms with Crippen LogP contribution in [0.1, 0.15) is 22.3 Å². The van der Waals surface area contributed by atoms with Crippen LogP contribution < -0.4 is 10.5 Å². The SMILES string of the molecule is Cc1cc(C)c(S(=O)(=O)[O-])cc1C.N#Cc1cc[n+](N)cc1. The second-order valence-electron chi connectivity index (χ2n) is 4.80. The maximum absolute atomic E-state index is 10.8. The fourth-order valence-electron chi connectivity index (χ4n) is 1.72. The number of benzene rings is 1. The number of hydrogen-bond donors (Lipinski definition) is 1. The lowest BCUT2D eigenvalue weighted by Gasteiger charge is -2.12. The van der Waals surface area contributed by atoms with E-state index in [2.05, 4.69) is 0 Å². The van der Waals surface area contributed by atoms with E-state index in [9.17, 15) is 13.0 Å². The molecule has 116 valence electrons. The smallest absolute Gasteiger partial charge is 0.200 e. The zero-order valence-electron chi connectivity index (χ0n) is 12.6. The normalized spacial score (nSPS) is 10.3. The maximum Gasteiger partial charge on any atom is 0.200 e. The Morgan fingerprint density at radius 1 is 1.09 bits per heavy atom. The highest BCUT2D eigenvalue weighted by Crippen LogP contribution is 2.19. The molecule has 0 unspecified atom stereocenters. The first-order valence-electron chi connectivity index (χ1n) is 6.35. The molecule has 1 heterocycles. The van der Waals surface area contributed by atoms with Gasteiger partial charge in [-0.25, -0.2) is 14.3 Å². The molecule has 0 aliphatic rings. The lowest BCUT2D eigenvalue weighted by atomic mass is 10.1. The topological polar surface area (TPSA) is 111 Å². The summed E-state index contributed by atoms with van der Waals surface area (Å²) in [5, 5.41) is 8.33. The van der Waals surface area contributed by atoms with E-state index in [0.717, 1.165) is 11.1 Å². The maximum atomic E-state index is 10.8. The highest BCUT2D eigenvalue weighted by atomic mass is 32.2. The Kier molecular flexibility index (Phi) is 5.63. The second-order valence-corrected chi connectivity index (χ2v) is 6.15. The highest BCUT2D eigenvalue weighted by molar-refractivity contribution is 7.85. The number of nitrogen functional groups attached to an aromatic ring is 1. The molecule has 0 amide bonds. The summed E-state index contributed by atoms with van der Waals surface area (Å²) in [6.45, 7) is 5.28. The molecule has 0 aliphatic heterocycles. The fourth-order valence-corrected chi connectivity index (χ4v) is 2.49. The van der Waals surface area contributed by atoms with Crippen molar-refractivity contribution in [3.05, 3.63) is 58.9 Å². The monoisotopic (exact) mass is 319 g/mol. The quantitative estimate of drug-likeness (QED) is 0.480. The third-order valence-electron chi connectivity index (χ3n) is 3.04. The van der Waals surface area contributed by atoms with Gasteiger partial charge >= 0.3 is 0 Å². The van der Waals surface area contributed by atoms with E-state index in [4.69, 9.17) is 11.1 Å². The number of aryl methyl sites for hydroxylation is 3. The van der Waals surface area contributed by atoms with Gasteiger partial charge in [-0.3, -0.25) is 0 Å². The van der Waals surface area contributed by atoms with Crippen LogP contribution in [0.15, 0.2) is 41.6 Å². The van der Waals surface area contributed by atoms with Crippen LogP contribution in [0.4, 0.5) is 0 Å². The zero-order valence-corrected chi connectivity index (χ0v) is 13.4. The van der Waals surface area contributed by atoms with Crippen molar-refractivity contribution in [3.63, 3.8) is 0 Å². The Hall–Kier alpha value is -2.43. The summed E-state index contributed by atoms with van der Waals surface area (Å²) in [5.41, 5.74) is 2.94. The van der Waals surface area contributed by atoms with E-state index in [1.807, 2.05) is 13.0 Å². The van der Waals surface area contributed by atoms with Crippen molar-refractivity contribution in [1.29, 1.82) is 5.26 Å². The summed E-state index contributed by atoms with van der Waals surface area (Å²) in [6.07, 6.45) is 3.25. The predicted octanol–water partition coefficient (Wildman–Crippen LogP) is 1.08. The summed E-state index contributed by atoms with van der Waals surface area (Å²) in [5.74, 6) is 5.29. The van der Waals surface area contributed by atoms with E-state index in [1.165, 1.54) is 10.7 Å². The van der Waals surface area contributed by atoms with Crippen LogP contribution in [0, 0.1) is 32.1 Å². The van der Waals surface area contributed by atoms with Gasteiger partial charge in [0.25, 0.3) is 0 Å². The molecule has 0 radical (unpaired) electrons. The standard InChI is InChI=1S/C9H12O3S.C6H6N3/c1-6-4-8(3)9(5-7(6)2)13(10,11)12;7-5-6-1-3-9(8)4-2-6/h4-5H,1-3H3,(H,10,11,12);1-4H,8H2/q;+1/p-1. The van der Waals surface area contributed by atoms with E-state index < -0.39 is 10.1 Å². The van der Waals surface area contributed by atoms with E-state index >= 15 is 0 Å². The summed E-state index contributed by atoms with van der Waals surface area (Å²) in [4.78, 5) is -0.115. The molecular weight excluding hydrogens is 302 g/mol. The van der Waals surface area contributed by atoms with Crippen LogP contribution in [-0.2, 0) is 10.1 Å². The molecule has 0 saturated carbocycles. The Balaban J connectivity index is 0.000000235. The van der Waals surface area contributed by atoms with Crippen molar-refractivity contribution < 1.29 is 17.6 Å². The van der Waals surface area contributed by atoms with Gasteiger partial charge in [-0.05, 0) is 43.5 Å². The van der Waals surface area contributed by atoms with Crippen LogP contribution in [-0.4, -0.2) is 13.0 Å². The van der Waals surface area contributed by atoms with Gasteiger partial charge in [-0.1, -0.05) is 10.7 Å². The summed E-state index contributed by atoms with van der Waals surface area (Å²) >= 11 is 0. The number of aromatic nitrogens is 1. The molecule has 0 spiro atoms. The van der Waals surface area contributed by atoms with Crippen LogP contribution in [0.5, 0.6) is 0 Å². The minimum Gasteiger partial charge on any atom is -0.744 e. The average Bonchev–Trinajstić information content (AvgIpc) is 2.43. The summed E-state index contributed by atoms with van der Waals surface area (Å²) < 4.78 is 33.7. The molecule has 1 aromatic carbocycles. The zero-order chi connectivity index (χ0) is 16.9. The molecule has 1 aromatic heterocycles. The Morgan fingerprint density at radius 2 is 1.59 bits per heavy atom. The van der Waals surface area contributed by atoms with E-state index in [1.54, 1.807) is 44.4 Å². The van der Waals surface area contributed by atoms with Crippen molar-refractivity contribution >= 4 is 10.1 Å². The molecule has 22 heavy (non-hydrogen) atoms. The van der Waals surface area contributed by atoms with Crippen LogP contribution in [0.25, 0.3) is 0 Å². The fraction of sp³-hybridized carbons (Fsp3) is 0.200. The molecule has 0 saturated heterocycles. The van der Waals surface area contributed by atoms with Crippen LogP contribution >= 0.6 is 0 Å². The van der Waals surface area contributed by atoms with E-state index in [-0.39, 0.29) is 4.90 Å². The van der Waals surface area contributed by atoms with Gasteiger partial charge in [-0.15, -0.1) is 0 Å². The highest BCUT2D eigenvalue weighted by Gasteiger charge is 2.07. The minimum absolute atomic E-state index is 0.115. The Morgan fingerprint density at radius 3 is 2.05 bits per heavy atom. The van der Waals surface area contributed by atoms with Gasteiger partial charge in [0.1, 0.15) is 10.1 Å². The lowest BCUT2D eigenvalue weighted by molar-refractivity contribution is -0.638. The molecule has 6 nitrogen and oxygen atoms in total. The number of hydrogen-bond acceptors (Lipinski definition) is 5. The number of pyridine rings is 1. The van der Waals surface area contributed by atoms with E-state index in [0.29, 0.717) is 11.1 Å². The molecule has 0 atom stereocenters. The minimum atomic E-state index is -4.32. The third kappa shape index (κ3) is 4.84. The number of nitriles is 1. The largest absolute Gasteiger partial charge is 0.744 e. The number of nitrogens with two attached hydrogens (primary N) is 1. The van der Waals surface area contributed by atoms with Crippen molar-refractivity contribution in [2.75, 3.05) is 5.84 Å². The first kappa shape index (κ1) is 17.6. The van der Waals surface area contributed by atoms with Gasteiger partial charge in [0.05, 0.1) is 16.5 Å². The molecule has 2 N–H and O–H groups in total. The first-order valence-corrected chi connectivity index (χ1v) is 7.76. The van der Waals surface area contributed by atoms with Crippen molar-refractivity contribution in [1.82, 2.24) is 0 Å². The molecule has 2 aromatic rings. The van der Waals surface area contributed by atoms with Gasteiger partial charge in [0.15, 0.2) is 0 Å². The molecular formula is C15H17N3O3S. The molecule has 0 aliphatic carbocycles. The van der Waals surface area contributed by atoms with Gasteiger partial charge in [0.2, 0.25) is 12.4 Å². The van der Waals surface area contributed by atoms with Crippen molar-refractivity contribution in [2.45, 2.75) is 25.7 Å². The summed E-state index contributed by atoms with van der Waals surface area (Å²) in [7, 11) is -4.32. The molecule has 2 rings (SSSR count). The van der Waals surface area contributed by atoms with Crippen molar-refractivity contribution in [2.24, 2.45) is 0 Å². The molecule has 0 fully saturated rings. The number of rotatable bonds is 1. The molecule has 7 heteroatoms. The Labute approximate surface area is 130 Å². The lowest BCUT2D eigenvalue weighted by Crippen LogP contribution is -2.43. The first-order chi connectivity index (χ1) is 10.1. The van der Waals surface area contributed by atoms with Crippen LogP contribution in [0.2, 0.25) is 0 Å².